The van der Waals surface area contributed by atoms with Gasteiger partial charge in [-0.25, -0.2) is 0 Å². The maximum Gasteiger partial charge on any atom is 0.306 e. The minimum absolute atomic E-state index is 0.0322. The normalized spacial score (nSPS) is 14.0. The molecule has 17 aromatic carbocycles. The van der Waals surface area contributed by atoms with E-state index in [0.717, 1.165) is 112 Å². The molecule has 0 aliphatic carbocycles. The molecule has 33 rings (SSSR count). The van der Waals surface area contributed by atoms with Gasteiger partial charge < -0.3 is 36.9 Å². The lowest BCUT2D eigenvalue weighted by atomic mass is 9.32. The molecule has 0 N–H and O–H groups in total. The molecule has 8 aromatic heterocycles. The number of thiophene rings is 3. The molecule has 656 valence electrons. The van der Waals surface area contributed by atoms with E-state index in [0.29, 0.717) is 5.95 Å². The molecule has 16 heterocycles. The van der Waals surface area contributed by atoms with Gasteiger partial charge in [0.2, 0.25) is 5.88 Å². The van der Waals surface area contributed by atoms with Crippen molar-refractivity contribution >= 4 is 290 Å². The average Bonchev–Trinajstić information content (AvgIpc) is 1.38. The van der Waals surface area contributed by atoms with Crippen molar-refractivity contribution in [2.75, 3.05) is 19.6 Å². The SMILES string of the molecule is CC1(C)c2cccc3c2B(c2oc4ccccc4c21)c1c(oc2ccccc12)N3c1ccccc1.c1ccc(N2c3cccc4c3B(c3oc5ccccc5c32)c2c(oc3ccccc23)O4)cc1.c1ccc(N2c3cccc4c3B(c3sc5ccccc5c3O4)c3c2sc2ccccc32)cc1.c1ccc(N2c3cccc4c3B(c3sc5ccccc5c3S4)c3c2n(-c2ccccc2)c2ccccc32)cc1. The summed E-state index contributed by atoms with van der Waals surface area (Å²) in [6, 6.07) is 148. The van der Waals surface area contributed by atoms with Crippen LogP contribution in [-0.2, 0) is 5.41 Å². The van der Waals surface area contributed by atoms with Crippen LogP contribution in [0.4, 0.5) is 67.9 Å². The zero-order chi connectivity index (χ0) is 91.8. The van der Waals surface area contributed by atoms with Crippen molar-refractivity contribution < 1.29 is 27.1 Å². The standard InChI is InChI=1S/C34H21BN2S2.C31H22BNO2.C28H16BNO3.C28H16BNOS2/c1-3-12-22(13-4-1)36-26-18-9-7-16-24(26)30-34(36)37(23-14-5-2-6-15-23)27-19-11-21-29-31(27)35(30)33-32(38-29)25-17-8-10-20-28(25)39-33;1-31(2)22-15-10-16-23-28(22)32(29-26(31)20-13-6-8-17-24(20)34-29)27-21-14-7-9-18-25(21)35-30(27)33(23)19-11-4-3-5-12-19;1-2-9-17(10-3-1)30-20-13-8-16-23-25(20)29(27-26(30)19-12-5-7-15-22(19)31-27)24-18-11-4-6-14-21(18)32-28(24)33-23;1-2-9-17(10-3-1)30-20-13-8-14-21-25(20)29(24-18-11-4-6-15-22(18)33-28(24)30)27-26(31-21)19-12-5-7-16-23(19)32-27/h1-21H;3-18H,1-2H3;2*1-16H. The Kier molecular flexibility index (Phi) is 17.6. The summed E-state index contributed by atoms with van der Waals surface area (Å²) in [5.74, 6) is 5.45. The van der Waals surface area contributed by atoms with Crippen LogP contribution in [0.25, 0.3) is 90.7 Å². The first-order valence-corrected chi connectivity index (χ1v) is 50.8. The Labute approximate surface area is 822 Å². The molecule has 0 spiro atoms. The zero-order valence-electron chi connectivity index (χ0n) is 75.5. The van der Waals surface area contributed by atoms with Crippen LogP contribution in [-0.4, -0.2) is 31.4 Å². The Morgan fingerprint density at radius 3 is 1.40 bits per heavy atom. The largest absolute Gasteiger partial charge is 0.470 e. The second-order valence-corrected chi connectivity index (χ2v) is 41.5. The molecule has 0 saturated carbocycles. The van der Waals surface area contributed by atoms with Gasteiger partial charge in [0.15, 0.2) is 0 Å². The number of hydrogen-bond acceptors (Lipinski definition) is 14. The molecule has 11 nitrogen and oxygen atoms in total. The van der Waals surface area contributed by atoms with Gasteiger partial charge >= 0.3 is 6.71 Å². The molecule has 0 radical (unpaired) electrons. The van der Waals surface area contributed by atoms with E-state index in [1.807, 2.05) is 100 Å². The van der Waals surface area contributed by atoms with Gasteiger partial charge in [-0.2, -0.15) is 0 Å². The summed E-state index contributed by atoms with van der Waals surface area (Å²) in [5.41, 5.74) is 30.8. The first-order chi connectivity index (χ1) is 69.3. The van der Waals surface area contributed by atoms with Gasteiger partial charge in [-0.3, -0.25) is 14.4 Å². The molecule has 140 heavy (non-hydrogen) atoms. The van der Waals surface area contributed by atoms with Crippen LogP contribution in [0.1, 0.15) is 25.0 Å². The minimum Gasteiger partial charge on any atom is -0.470 e. The monoisotopic (exact) mass is 1870 g/mol. The van der Waals surface area contributed by atoms with Crippen LogP contribution < -0.4 is 93.6 Å². The van der Waals surface area contributed by atoms with Crippen LogP contribution in [0.5, 0.6) is 23.2 Å². The van der Waals surface area contributed by atoms with E-state index in [-0.39, 0.29) is 32.3 Å². The smallest absolute Gasteiger partial charge is 0.306 e. The molecule has 0 saturated heterocycles. The lowest BCUT2D eigenvalue weighted by Gasteiger charge is -2.41. The number of furan rings is 4. The van der Waals surface area contributed by atoms with Crippen LogP contribution in [0.3, 0.4) is 0 Å². The van der Waals surface area contributed by atoms with Gasteiger partial charge in [0.05, 0.1) is 21.9 Å². The first kappa shape index (κ1) is 79.9. The zero-order valence-corrected chi connectivity index (χ0v) is 78.7. The fourth-order valence-corrected chi connectivity index (χ4v) is 29.1. The summed E-state index contributed by atoms with van der Waals surface area (Å²) in [4.78, 5) is 12.3. The lowest BCUT2D eigenvalue weighted by molar-refractivity contribution is 0.364. The van der Waals surface area contributed by atoms with E-state index in [9.17, 15) is 0 Å². The van der Waals surface area contributed by atoms with Gasteiger partial charge in [-0.15, -0.1) is 34.0 Å². The number of rotatable bonds is 5. The molecular weight excluding hydrogens is 1790 g/mol. The van der Waals surface area contributed by atoms with E-state index in [4.69, 9.17) is 27.1 Å². The topological polar surface area (TPSA) is 88.9 Å². The highest BCUT2D eigenvalue weighted by molar-refractivity contribution is 8.00. The molecule has 0 amide bonds. The molecule has 19 heteroatoms. The van der Waals surface area contributed by atoms with Crippen molar-refractivity contribution in [2.24, 2.45) is 0 Å². The van der Waals surface area contributed by atoms with Crippen LogP contribution >= 0.6 is 45.8 Å². The number of nitrogens with zero attached hydrogens (tertiary/aromatic N) is 5. The fraction of sp³-hybridized carbons (Fsp3) is 0.0248. The Balaban J connectivity index is 0.0000000879. The third kappa shape index (κ3) is 11.6. The lowest BCUT2D eigenvalue weighted by Crippen LogP contribution is -2.63. The van der Waals surface area contributed by atoms with Gasteiger partial charge in [-0.1, -0.05) is 280 Å². The minimum atomic E-state index is -0.205. The van der Waals surface area contributed by atoms with Gasteiger partial charge in [0.25, 0.3) is 26.1 Å². The summed E-state index contributed by atoms with van der Waals surface area (Å²) in [6.45, 7) is 4.85. The third-order valence-electron chi connectivity index (χ3n) is 29.5. The maximum atomic E-state index is 6.73. The summed E-state index contributed by atoms with van der Waals surface area (Å²) in [7, 11) is 0. The number of anilines is 12. The molecule has 0 atom stereocenters. The van der Waals surface area contributed by atoms with Gasteiger partial charge in [-0.05, 0) is 212 Å². The Bertz CT molecular complexity index is 9460. The summed E-state index contributed by atoms with van der Waals surface area (Å²) in [6.07, 6.45) is 0. The van der Waals surface area contributed by atoms with Crippen molar-refractivity contribution in [3.05, 3.63) is 430 Å². The number of aromatic nitrogens is 1. The number of para-hydroxylation sites is 10. The Morgan fingerprint density at radius 2 is 0.729 bits per heavy atom. The molecule has 0 fully saturated rings. The summed E-state index contributed by atoms with van der Waals surface area (Å²) >= 11 is 7.67. The molecule has 0 bridgehead atoms. The van der Waals surface area contributed by atoms with Crippen molar-refractivity contribution in [2.45, 2.75) is 29.1 Å². The second-order valence-electron chi connectivity index (χ2n) is 37.2. The van der Waals surface area contributed by atoms with E-state index in [2.05, 4.69) is 402 Å². The van der Waals surface area contributed by atoms with Gasteiger partial charge in [0, 0.05) is 140 Å². The molecule has 8 aliphatic rings. The Morgan fingerprint density at radius 1 is 0.279 bits per heavy atom. The number of hydrogen-bond donors (Lipinski definition) is 0. The molecule has 25 aromatic rings. The van der Waals surface area contributed by atoms with Crippen molar-refractivity contribution in [3.8, 4) is 28.9 Å². The highest BCUT2D eigenvalue weighted by Gasteiger charge is 2.54. The predicted octanol–water partition coefficient (Wildman–Crippen LogP) is 25.8. The fourth-order valence-electron chi connectivity index (χ4n) is 23.8. The van der Waals surface area contributed by atoms with E-state index in [1.165, 1.54) is 149 Å². The first-order valence-electron chi connectivity index (χ1n) is 47.5. The third-order valence-corrected chi connectivity index (χ3v) is 34.4. The van der Waals surface area contributed by atoms with Crippen molar-refractivity contribution in [1.82, 2.24) is 4.57 Å². The van der Waals surface area contributed by atoms with Crippen LogP contribution in [0.15, 0.2) is 446 Å². The number of benzene rings is 17. The van der Waals surface area contributed by atoms with Crippen LogP contribution in [0.2, 0.25) is 0 Å². The van der Waals surface area contributed by atoms with E-state index in [1.54, 1.807) is 0 Å². The van der Waals surface area contributed by atoms with E-state index >= 15 is 0 Å². The molecular formula is C121H75B4N5O6S4. The highest BCUT2D eigenvalue weighted by atomic mass is 32.2. The summed E-state index contributed by atoms with van der Waals surface area (Å²) < 4.78 is 48.4. The number of fused-ring (bicyclic) bond motifs is 32. The van der Waals surface area contributed by atoms with E-state index < -0.39 is 0 Å². The average molecular weight is 1870 g/mol. The van der Waals surface area contributed by atoms with Gasteiger partial charge in [0.1, 0.15) is 51.1 Å². The molecule has 8 aliphatic heterocycles. The quantitative estimate of drug-likeness (QED) is 0.154. The number of ether oxygens (including phenoxy) is 2. The highest BCUT2D eigenvalue weighted by Crippen LogP contribution is 2.54. The summed E-state index contributed by atoms with van der Waals surface area (Å²) in [5, 5.41) is 11.0. The Hall–Kier alpha value is -16.3. The molecule has 0 unspecified atom stereocenters. The van der Waals surface area contributed by atoms with Crippen molar-refractivity contribution in [1.29, 1.82) is 0 Å². The maximum absolute atomic E-state index is 6.73. The van der Waals surface area contributed by atoms with Crippen molar-refractivity contribution in [3.63, 3.8) is 0 Å². The predicted molar refractivity (Wildman–Crippen MR) is 587 cm³/mol. The van der Waals surface area contributed by atoms with Crippen LogP contribution in [0, 0.1) is 0 Å². The second kappa shape index (κ2) is 30.9.